The minimum atomic E-state index is -0.755. The van der Waals surface area contributed by atoms with Gasteiger partial charge in [-0.1, -0.05) is 36.4 Å². The second-order valence-electron chi connectivity index (χ2n) is 10.8. The molecular formula is C29H37N5O5S. The zero-order chi connectivity index (χ0) is 28.4. The predicted octanol–water partition coefficient (Wildman–Crippen LogP) is 2.63. The summed E-state index contributed by atoms with van der Waals surface area (Å²) in [5.41, 5.74) is 1.53. The number of aliphatic hydroxyl groups excluding tert-OH is 1. The maximum Gasteiger partial charge on any atom is 0.310 e. The molecule has 1 N–H and O–H groups in total. The zero-order valence-electron chi connectivity index (χ0n) is 22.9. The molecule has 3 aliphatic rings. The van der Waals surface area contributed by atoms with Crippen molar-refractivity contribution in [2.24, 2.45) is 17.8 Å². The SMILES string of the molecule is C=CCCOC(=O)[C@@H]1[C@H]2C(=O)N(CCCCO)C(C(=O)N(CC=C)Cn3nnc4ccccc43)C23S[C@@H]1CC3C. The second-order valence-corrected chi connectivity index (χ2v) is 12.4. The highest BCUT2D eigenvalue weighted by atomic mass is 32.2. The van der Waals surface area contributed by atoms with Crippen molar-refractivity contribution in [3.05, 3.63) is 49.6 Å². The van der Waals surface area contributed by atoms with Gasteiger partial charge in [0.05, 0.1) is 28.7 Å². The topological polar surface area (TPSA) is 118 Å². The molecule has 1 aromatic heterocycles. The maximum atomic E-state index is 14.6. The normalized spacial score (nSPS) is 28.6. The molecule has 3 aliphatic heterocycles. The van der Waals surface area contributed by atoms with Crippen LogP contribution in [0, 0.1) is 17.8 Å². The Kier molecular flexibility index (Phi) is 8.32. The highest BCUT2D eigenvalue weighted by Crippen LogP contribution is 2.68. The third-order valence-electron chi connectivity index (χ3n) is 8.51. The van der Waals surface area contributed by atoms with E-state index < -0.39 is 22.6 Å². The van der Waals surface area contributed by atoms with Crippen LogP contribution in [0.5, 0.6) is 0 Å². The second kappa shape index (κ2) is 11.7. The van der Waals surface area contributed by atoms with Crippen molar-refractivity contribution in [1.82, 2.24) is 24.8 Å². The molecule has 40 heavy (non-hydrogen) atoms. The summed E-state index contributed by atoms with van der Waals surface area (Å²) in [4.78, 5) is 45.4. The lowest BCUT2D eigenvalue weighted by molar-refractivity contribution is -0.154. The number of likely N-dealkylation sites (tertiary alicyclic amines) is 1. The van der Waals surface area contributed by atoms with E-state index in [9.17, 15) is 19.5 Å². The van der Waals surface area contributed by atoms with E-state index in [1.165, 1.54) is 0 Å². The molecule has 0 saturated carbocycles. The molecule has 2 bridgehead atoms. The summed E-state index contributed by atoms with van der Waals surface area (Å²) < 4.78 is 6.52. The Morgan fingerprint density at radius 2 is 2.08 bits per heavy atom. The fourth-order valence-electron chi connectivity index (χ4n) is 6.77. The summed E-state index contributed by atoms with van der Waals surface area (Å²) in [6, 6.07) is 6.79. The molecule has 3 saturated heterocycles. The van der Waals surface area contributed by atoms with Gasteiger partial charge in [0.25, 0.3) is 0 Å². The van der Waals surface area contributed by atoms with Crippen molar-refractivity contribution < 1.29 is 24.2 Å². The molecule has 214 valence electrons. The van der Waals surface area contributed by atoms with Crippen LogP contribution in [0.4, 0.5) is 0 Å². The zero-order valence-corrected chi connectivity index (χ0v) is 23.7. The number of aliphatic hydroxyl groups is 1. The molecule has 2 amide bonds. The highest BCUT2D eigenvalue weighted by molar-refractivity contribution is 8.02. The number of unbranched alkanes of at least 4 members (excludes halogenated alkanes) is 1. The highest BCUT2D eigenvalue weighted by Gasteiger charge is 2.76. The summed E-state index contributed by atoms with van der Waals surface area (Å²) in [5.74, 6) is -1.92. The number of carbonyl (C=O) groups excluding carboxylic acids is 3. The number of hydrogen-bond donors (Lipinski definition) is 1. The molecule has 0 radical (unpaired) electrons. The molecule has 4 heterocycles. The van der Waals surface area contributed by atoms with Gasteiger partial charge in [-0.15, -0.1) is 30.0 Å². The Morgan fingerprint density at radius 3 is 2.83 bits per heavy atom. The lowest BCUT2D eigenvalue weighted by Gasteiger charge is -2.40. The number of carbonyl (C=O) groups is 3. The van der Waals surface area contributed by atoms with Crippen molar-refractivity contribution in [2.75, 3.05) is 26.3 Å². The Labute approximate surface area is 238 Å². The quantitative estimate of drug-likeness (QED) is 0.223. The van der Waals surface area contributed by atoms with E-state index >= 15 is 0 Å². The van der Waals surface area contributed by atoms with E-state index in [4.69, 9.17) is 4.74 Å². The first-order valence-electron chi connectivity index (χ1n) is 13.9. The van der Waals surface area contributed by atoms with Gasteiger partial charge in [-0.3, -0.25) is 14.4 Å². The standard InChI is InChI=1S/C29H37N5O5S/c1-4-6-16-39-28(38)23-22-17-19(3)29(40-22)24(23)26(36)33(14-9-10-15-35)25(29)27(37)32(13-5-2)18-34-21-12-8-7-11-20(21)30-31-34/h4-5,7-8,11-12,19,22-25,35H,1-2,6,9-10,13-18H2,3H3/t19?,22-,23+,24+,25?,29?/m1/s1. The molecule has 2 aromatic rings. The maximum absolute atomic E-state index is 14.6. The minimum Gasteiger partial charge on any atom is -0.465 e. The van der Waals surface area contributed by atoms with Crippen LogP contribution in [0.1, 0.15) is 32.6 Å². The fraction of sp³-hybridized carbons (Fsp3) is 0.552. The molecular weight excluding hydrogens is 530 g/mol. The van der Waals surface area contributed by atoms with Gasteiger partial charge in [0.2, 0.25) is 11.8 Å². The average molecular weight is 568 g/mol. The van der Waals surface area contributed by atoms with Crippen molar-refractivity contribution in [1.29, 1.82) is 0 Å². The molecule has 11 heteroatoms. The van der Waals surface area contributed by atoms with Crippen LogP contribution in [0.3, 0.4) is 0 Å². The molecule has 5 rings (SSSR count). The van der Waals surface area contributed by atoms with Crippen LogP contribution in [0.15, 0.2) is 49.6 Å². The summed E-state index contributed by atoms with van der Waals surface area (Å²) in [7, 11) is 0. The number of benzene rings is 1. The van der Waals surface area contributed by atoms with Gasteiger partial charge in [0.15, 0.2) is 0 Å². The lowest BCUT2D eigenvalue weighted by Crippen LogP contribution is -2.57. The van der Waals surface area contributed by atoms with Gasteiger partial charge in [0, 0.05) is 24.9 Å². The summed E-state index contributed by atoms with van der Waals surface area (Å²) >= 11 is 1.62. The van der Waals surface area contributed by atoms with Gasteiger partial charge in [-0.2, -0.15) is 0 Å². The predicted molar refractivity (Wildman–Crippen MR) is 152 cm³/mol. The van der Waals surface area contributed by atoms with E-state index in [0.717, 1.165) is 17.5 Å². The monoisotopic (exact) mass is 567 g/mol. The van der Waals surface area contributed by atoms with Crippen LogP contribution in [0.25, 0.3) is 11.0 Å². The number of fused-ring (bicyclic) bond motifs is 2. The molecule has 0 aliphatic carbocycles. The third kappa shape index (κ3) is 4.62. The first-order chi connectivity index (χ1) is 19.4. The van der Waals surface area contributed by atoms with E-state index in [2.05, 4.69) is 30.4 Å². The Balaban J connectivity index is 1.50. The molecule has 10 nitrogen and oxygen atoms in total. The Bertz CT molecular complexity index is 1300. The van der Waals surface area contributed by atoms with E-state index in [1.54, 1.807) is 38.4 Å². The smallest absolute Gasteiger partial charge is 0.310 e. The van der Waals surface area contributed by atoms with E-state index in [-0.39, 0.29) is 55.4 Å². The number of nitrogens with zero attached hydrogens (tertiary/aromatic N) is 5. The van der Waals surface area contributed by atoms with Crippen LogP contribution < -0.4 is 0 Å². The molecule has 1 aromatic carbocycles. The fourth-order valence-corrected chi connectivity index (χ4v) is 9.17. The van der Waals surface area contributed by atoms with Crippen molar-refractivity contribution in [3.63, 3.8) is 0 Å². The number of hydrogen-bond acceptors (Lipinski definition) is 8. The van der Waals surface area contributed by atoms with Gasteiger partial charge < -0.3 is 19.6 Å². The molecule has 3 fully saturated rings. The Morgan fingerprint density at radius 1 is 1.27 bits per heavy atom. The number of para-hydroxylation sites is 1. The summed E-state index contributed by atoms with van der Waals surface area (Å²) in [6.07, 6.45) is 5.71. The van der Waals surface area contributed by atoms with E-state index in [0.29, 0.717) is 25.8 Å². The number of thioether (sulfide) groups is 1. The lowest BCUT2D eigenvalue weighted by atomic mass is 9.66. The molecule has 1 spiro atoms. The largest absolute Gasteiger partial charge is 0.465 e. The third-order valence-corrected chi connectivity index (χ3v) is 10.6. The van der Waals surface area contributed by atoms with Gasteiger partial charge in [-0.05, 0) is 43.7 Å². The molecule has 6 atom stereocenters. The van der Waals surface area contributed by atoms with Crippen molar-refractivity contribution >= 4 is 40.6 Å². The minimum absolute atomic E-state index is 0.00264. The van der Waals surface area contributed by atoms with Crippen LogP contribution in [0.2, 0.25) is 0 Å². The summed E-state index contributed by atoms with van der Waals surface area (Å²) in [6.45, 7) is 10.6. The summed E-state index contributed by atoms with van der Waals surface area (Å²) in [5, 5.41) is 17.8. The van der Waals surface area contributed by atoms with E-state index in [1.807, 2.05) is 24.3 Å². The number of amides is 2. The Hall–Kier alpha value is -3.18. The van der Waals surface area contributed by atoms with Crippen LogP contribution in [-0.2, 0) is 25.8 Å². The van der Waals surface area contributed by atoms with Crippen LogP contribution in [-0.4, -0.2) is 90.0 Å². The van der Waals surface area contributed by atoms with Gasteiger partial charge in [0.1, 0.15) is 18.2 Å². The van der Waals surface area contributed by atoms with Crippen molar-refractivity contribution in [2.45, 2.75) is 55.3 Å². The number of ether oxygens (including phenoxy) is 1. The average Bonchev–Trinajstić information content (AvgIpc) is 3.66. The number of rotatable bonds is 13. The first-order valence-corrected chi connectivity index (χ1v) is 14.8. The number of esters is 1. The number of aromatic nitrogens is 3. The van der Waals surface area contributed by atoms with Gasteiger partial charge >= 0.3 is 5.97 Å². The first kappa shape index (κ1) is 28.4. The van der Waals surface area contributed by atoms with Crippen molar-refractivity contribution in [3.8, 4) is 0 Å². The molecule has 3 unspecified atom stereocenters. The van der Waals surface area contributed by atoms with Crippen LogP contribution >= 0.6 is 11.8 Å². The van der Waals surface area contributed by atoms with Gasteiger partial charge in [-0.25, -0.2) is 4.68 Å².